The first-order valence-corrected chi connectivity index (χ1v) is 6.16. The third kappa shape index (κ3) is 2.28. The Morgan fingerprint density at radius 1 is 0.900 bits per heavy atom. The Kier molecular flexibility index (Phi) is 3.20. The van der Waals surface area contributed by atoms with Crippen LogP contribution < -0.4 is 5.32 Å². The number of benzene rings is 2. The van der Waals surface area contributed by atoms with Crippen molar-refractivity contribution < 1.29 is 8.78 Å². The zero-order valence-corrected chi connectivity index (χ0v) is 10.8. The zero-order valence-electron chi connectivity index (χ0n) is 10.1. The maximum atomic E-state index is 13.2. The molecule has 0 saturated heterocycles. The molecule has 0 amide bonds. The van der Waals surface area contributed by atoms with E-state index in [0.29, 0.717) is 11.5 Å². The molecule has 0 saturated carbocycles. The lowest BCUT2D eigenvalue weighted by Crippen LogP contribution is -1.98. The van der Waals surface area contributed by atoms with Crippen molar-refractivity contribution in [3.05, 3.63) is 59.3 Å². The van der Waals surface area contributed by atoms with Gasteiger partial charge in [-0.25, -0.2) is 8.78 Å². The average molecular weight is 292 g/mol. The summed E-state index contributed by atoms with van der Waals surface area (Å²) in [6.45, 7) is 0. The number of nitrogens with one attached hydrogen (secondary N) is 1. The lowest BCUT2D eigenvalue weighted by atomic mass is 10.2. The molecule has 0 fully saturated rings. The molecule has 0 atom stereocenters. The van der Waals surface area contributed by atoms with Crippen LogP contribution in [0.25, 0.3) is 10.8 Å². The fourth-order valence-corrected chi connectivity index (χ4v) is 2.08. The van der Waals surface area contributed by atoms with E-state index in [4.69, 9.17) is 11.6 Å². The average Bonchev–Trinajstić information content (AvgIpc) is 2.46. The van der Waals surface area contributed by atoms with Gasteiger partial charge in [-0.2, -0.15) is 0 Å². The van der Waals surface area contributed by atoms with Gasteiger partial charge in [0.05, 0.1) is 0 Å². The van der Waals surface area contributed by atoms with Gasteiger partial charge in [0.15, 0.2) is 22.6 Å². The molecule has 1 heterocycles. The predicted octanol–water partition coefficient (Wildman–Crippen LogP) is 4.31. The van der Waals surface area contributed by atoms with Gasteiger partial charge in [-0.3, -0.25) is 0 Å². The van der Waals surface area contributed by atoms with Gasteiger partial charge in [0.1, 0.15) is 0 Å². The monoisotopic (exact) mass is 291 g/mol. The van der Waals surface area contributed by atoms with Gasteiger partial charge in [0, 0.05) is 22.5 Å². The van der Waals surface area contributed by atoms with Crippen molar-refractivity contribution in [1.82, 2.24) is 10.2 Å². The van der Waals surface area contributed by atoms with Crippen LogP contribution in [0.3, 0.4) is 0 Å². The van der Waals surface area contributed by atoms with E-state index in [0.717, 1.165) is 22.9 Å². The molecule has 0 spiro atoms. The number of hydrogen-bond donors (Lipinski definition) is 1. The summed E-state index contributed by atoms with van der Waals surface area (Å²) in [6.07, 6.45) is 0. The van der Waals surface area contributed by atoms with E-state index in [1.807, 2.05) is 24.3 Å². The molecule has 2 aromatic carbocycles. The molecule has 6 heteroatoms. The molecule has 100 valence electrons. The minimum absolute atomic E-state index is 0.288. The Labute approximate surface area is 118 Å². The number of halogens is 3. The molecule has 0 aliphatic heterocycles. The van der Waals surface area contributed by atoms with E-state index in [1.165, 1.54) is 6.07 Å². The van der Waals surface area contributed by atoms with E-state index in [9.17, 15) is 8.78 Å². The Balaban J connectivity index is 2.06. The lowest BCUT2D eigenvalue weighted by molar-refractivity contribution is 0.509. The standard InChI is InChI=1S/C14H8ClF2N3/c15-13-9-3-1-2-4-10(9)14(20-19-13)18-8-5-6-11(16)12(17)7-8/h1-7H,(H,18,20). The molecule has 3 aromatic rings. The summed E-state index contributed by atoms with van der Waals surface area (Å²) in [5.41, 5.74) is 0.380. The van der Waals surface area contributed by atoms with Gasteiger partial charge in [-0.15, -0.1) is 10.2 Å². The van der Waals surface area contributed by atoms with Gasteiger partial charge in [-0.1, -0.05) is 35.9 Å². The second-order valence-electron chi connectivity index (χ2n) is 4.14. The Morgan fingerprint density at radius 2 is 1.65 bits per heavy atom. The van der Waals surface area contributed by atoms with Crippen LogP contribution in [-0.4, -0.2) is 10.2 Å². The Hall–Kier alpha value is -2.27. The molecule has 0 unspecified atom stereocenters. The molecule has 0 bridgehead atoms. The zero-order chi connectivity index (χ0) is 14.1. The summed E-state index contributed by atoms with van der Waals surface area (Å²) >= 11 is 5.97. The van der Waals surface area contributed by atoms with Crippen LogP contribution in [0.2, 0.25) is 5.15 Å². The predicted molar refractivity (Wildman–Crippen MR) is 74.2 cm³/mol. The number of anilines is 2. The van der Waals surface area contributed by atoms with E-state index < -0.39 is 11.6 Å². The second kappa shape index (κ2) is 5.02. The fourth-order valence-electron chi connectivity index (χ4n) is 1.87. The van der Waals surface area contributed by atoms with Crippen LogP contribution in [0.15, 0.2) is 42.5 Å². The highest BCUT2D eigenvalue weighted by Gasteiger charge is 2.09. The Bertz CT molecular complexity index is 792. The van der Waals surface area contributed by atoms with Crippen molar-refractivity contribution in [2.45, 2.75) is 0 Å². The summed E-state index contributed by atoms with van der Waals surface area (Å²) in [5.74, 6) is -1.40. The fraction of sp³-hybridized carbons (Fsp3) is 0. The molecule has 0 aliphatic rings. The summed E-state index contributed by atoms with van der Waals surface area (Å²) in [4.78, 5) is 0. The van der Waals surface area contributed by atoms with Gasteiger partial charge in [-0.05, 0) is 12.1 Å². The topological polar surface area (TPSA) is 37.8 Å². The van der Waals surface area contributed by atoms with Crippen LogP contribution >= 0.6 is 11.6 Å². The van der Waals surface area contributed by atoms with Crippen molar-refractivity contribution in [2.24, 2.45) is 0 Å². The van der Waals surface area contributed by atoms with Crippen LogP contribution in [0.5, 0.6) is 0 Å². The van der Waals surface area contributed by atoms with Gasteiger partial charge >= 0.3 is 0 Å². The number of rotatable bonds is 2. The molecule has 0 radical (unpaired) electrons. The van der Waals surface area contributed by atoms with Crippen LogP contribution in [0.1, 0.15) is 0 Å². The quantitative estimate of drug-likeness (QED) is 0.765. The highest BCUT2D eigenvalue weighted by molar-refractivity contribution is 6.34. The van der Waals surface area contributed by atoms with Crippen LogP contribution in [-0.2, 0) is 0 Å². The van der Waals surface area contributed by atoms with Crippen molar-refractivity contribution in [3.63, 3.8) is 0 Å². The SMILES string of the molecule is Fc1ccc(Nc2nnc(Cl)c3ccccc23)cc1F. The van der Waals surface area contributed by atoms with E-state index in [2.05, 4.69) is 15.5 Å². The number of hydrogen-bond acceptors (Lipinski definition) is 3. The van der Waals surface area contributed by atoms with E-state index >= 15 is 0 Å². The third-order valence-corrected chi connectivity index (χ3v) is 3.10. The third-order valence-electron chi connectivity index (χ3n) is 2.82. The van der Waals surface area contributed by atoms with Gasteiger partial charge in [0.25, 0.3) is 0 Å². The normalized spacial score (nSPS) is 10.8. The molecule has 3 nitrogen and oxygen atoms in total. The van der Waals surface area contributed by atoms with E-state index in [1.54, 1.807) is 0 Å². The Morgan fingerprint density at radius 3 is 2.40 bits per heavy atom. The first kappa shape index (κ1) is 12.7. The molecular weight excluding hydrogens is 284 g/mol. The minimum Gasteiger partial charge on any atom is -0.338 e. The molecular formula is C14H8ClF2N3. The summed E-state index contributed by atoms with van der Waals surface area (Å²) in [5, 5.41) is 12.4. The van der Waals surface area contributed by atoms with Crippen molar-refractivity contribution in [1.29, 1.82) is 0 Å². The van der Waals surface area contributed by atoms with Gasteiger partial charge < -0.3 is 5.32 Å². The van der Waals surface area contributed by atoms with Crippen molar-refractivity contribution in [2.75, 3.05) is 5.32 Å². The molecule has 3 rings (SSSR count). The second-order valence-corrected chi connectivity index (χ2v) is 4.50. The van der Waals surface area contributed by atoms with Crippen LogP contribution in [0, 0.1) is 11.6 Å². The lowest BCUT2D eigenvalue weighted by Gasteiger charge is -2.09. The van der Waals surface area contributed by atoms with Gasteiger partial charge in [0.2, 0.25) is 0 Å². The molecule has 1 aromatic heterocycles. The highest BCUT2D eigenvalue weighted by Crippen LogP contribution is 2.28. The first-order valence-electron chi connectivity index (χ1n) is 5.78. The smallest absolute Gasteiger partial charge is 0.161 e. The van der Waals surface area contributed by atoms with Crippen molar-refractivity contribution >= 4 is 33.9 Å². The number of aromatic nitrogens is 2. The minimum atomic E-state index is -0.929. The first-order chi connectivity index (χ1) is 9.65. The summed E-state index contributed by atoms with van der Waals surface area (Å²) < 4.78 is 26.1. The summed E-state index contributed by atoms with van der Waals surface area (Å²) in [7, 11) is 0. The van der Waals surface area contributed by atoms with E-state index in [-0.39, 0.29) is 5.15 Å². The highest BCUT2D eigenvalue weighted by atomic mass is 35.5. The molecule has 20 heavy (non-hydrogen) atoms. The summed E-state index contributed by atoms with van der Waals surface area (Å²) in [6, 6.07) is 10.8. The number of fused-ring (bicyclic) bond motifs is 1. The molecule has 0 aliphatic carbocycles. The maximum absolute atomic E-state index is 13.2. The largest absolute Gasteiger partial charge is 0.338 e. The van der Waals surface area contributed by atoms with Crippen LogP contribution in [0.4, 0.5) is 20.3 Å². The van der Waals surface area contributed by atoms with Crippen molar-refractivity contribution in [3.8, 4) is 0 Å². The molecule has 1 N–H and O–H groups in total. The maximum Gasteiger partial charge on any atom is 0.161 e. The number of nitrogens with zero attached hydrogens (tertiary/aromatic N) is 2.